The number of amides is 4. The van der Waals surface area contributed by atoms with Gasteiger partial charge in [-0.15, -0.1) is 0 Å². The number of aromatic hydroxyl groups is 1. The quantitative estimate of drug-likeness (QED) is 0.0176. The van der Waals surface area contributed by atoms with Gasteiger partial charge in [0.05, 0.1) is 48.7 Å². The highest BCUT2D eigenvalue weighted by Crippen LogP contribution is 2.22. The first-order chi connectivity index (χ1) is 37.5. The van der Waals surface area contributed by atoms with Crippen molar-refractivity contribution in [3.05, 3.63) is 66.3 Å². The number of hydrogen-bond donors (Lipinski definition) is 14. The molecule has 27 heteroatoms. The second-order valence-electron chi connectivity index (χ2n) is 20.0. The Hall–Kier alpha value is -8.23. The lowest BCUT2D eigenvalue weighted by Crippen LogP contribution is -2.49. The number of ketones is 4. The number of aromatic amines is 2. The number of carbonyl (C=O) groups is 8. The lowest BCUT2D eigenvalue weighted by Gasteiger charge is -2.26. The molecule has 0 aliphatic carbocycles. The molecule has 0 aliphatic rings. The molecule has 8 atom stereocenters. The van der Waals surface area contributed by atoms with E-state index in [2.05, 4.69) is 56.2 Å². The predicted molar refractivity (Wildman–Crippen MR) is 297 cm³/mol. The third kappa shape index (κ3) is 24.3. The Morgan fingerprint density at radius 1 is 0.544 bits per heavy atom. The Bertz CT molecular complexity index is 2520. The summed E-state index contributed by atoms with van der Waals surface area (Å²) < 4.78 is 0. The van der Waals surface area contributed by atoms with Crippen LogP contribution < -0.4 is 61.4 Å². The summed E-state index contributed by atoms with van der Waals surface area (Å²) in [6.07, 6.45) is 5.47. The first-order valence-corrected chi connectivity index (χ1v) is 26.3. The summed E-state index contributed by atoms with van der Waals surface area (Å²) in [5.41, 5.74) is 40.4. The van der Waals surface area contributed by atoms with E-state index in [-0.39, 0.29) is 119 Å². The Labute approximate surface area is 459 Å². The van der Waals surface area contributed by atoms with Gasteiger partial charge < -0.3 is 76.5 Å². The van der Waals surface area contributed by atoms with Crippen molar-refractivity contribution in [2.75, 3.05) is 26.7 Å². The van der Waals surface area contributed by atoms with Crippen molar-refractivity contribution in [2.45, 2.75) is 128 Å². The van der Waals surface area contributed by atoms with E-state index >= 15 is 0 Å². The van der Waals surface area contributed by atoms with Crippen molar-refractivity contribution in [1.82, 2.24) is 41.2 Å². The van der Waals surface area contributed by atoms with Crippen LogP contribution in [0.3, 0.4) is 0 Å². The summed E-state index contributed by atoms with van der Waals surface area (Å²) in [5.74, 6) is -9.28. The lowest BCUT2D eigenvalue weighted by molar-refractivity contribution is -0.136. The normalized spacial score (nSPS) is 14.2. The number of hydrogen-bond acceptors (Lipinski definition) is 15. The van der Waals surface area contributed by atoms with Crippen LogP contribution in [-0.4, -0.2) is 141 Å². The maximum atomic E-state index is 14.7. The van der Waals surface area contributed by atoms with E-state index in [0.717, 1.165) is 0 Å². The number of imidazole rings is 2. The van der Waals surface area contributed by atoms with Crippen molar-refractivity contribution in [3.8, 4) is 5.75 Å². The Balaban J connectivity index is 1.96. The van der Waals surface area contributed by atoms with Crippen LogP contribution in [0.5, 0.6) is 5.75 Å². The van der Waals surface area contributed by atoms with Crippen LogP contribution in [0.15, 0.2) is 64.3 Å². The average Bonchev–Trinajstić information content (AvgIpc) is 4.12. The van der Waals surface area contributed by atoms with E-state index in [1.807, 2.05) is 13.8 Å². The molecule has 27 nitrogen and oxygen atoms in total. The third-order valence-electron chi connectivity index (χ3n) is 13.2. The third-order valence-corrected chi connectivity index (χ3v) is 13.2. The molecule has 0 aliphatic heterocycles. The zero-order valence-corrected chi connectivity index (χ0v) is 45.6. The van der Waals surface area contributed by atoms with Crippen LogP contribution >= 0.6 is 0 Å². The summed E-state index contributed by atoms with van der Waals surface area (Å²) in [6, 6.07) is 1.90. The minimum Gasteiger partial charge on any atom is -0.508 e. The molecular formula is C52H82N18O9. The van der Waals surface area contributed by atoms with E-state index in [9.17, 15) is 43.5 Å². The number of guanidine groups is 3. The van der Waals surface area contributed by atoms with Crippen molar-refractivity contribution in [1.29, 1.82) is 0 Å². The molecule has 434 valence electrons. The van der Waals surface area contributed by atoms with Crippen molar-refractivity contribution < 1.29 is 43.5 Å². The number of primary amides is 1. The van der Waals surface area contributed by atoms with E-state index in [0.29, 0.717) is 23.4 Å². The zero-order chi connectivity index (χ0) is 58.6. The number of carbonyl (C=O) groups excluding carboxylic acids is 8. The largest absolute Gasteiger partial charge is 0.508 e. The molecule has 0 saturated heterocycles. The molecule has 3 rings (SSSR count). The number of rotatable bonds is 39. The number of nitrogens with zero attached hydrogens (tertiary/aromatic N) is 5. The molecule has 0 bridgehead atoms. The summed E-state index contributed by atoms with van der Waals surface area (Å²) >= 11 is 0. The van der Waals surface area contributed by atoms with Gasteiger partial charge in [0.15, 0.2) is 41.0 Å². The number of nitrogens with two attached hydrogens (primary N) is 7. The van der Waals surface area contributed by atoms with Gasteiger partial charge in [-0.05, 0) is 82.5 Å². The van der Waals surface area contributed by atoms with Gasteiger partial charge >= 0.3 is 0 Å². The first-order valence-electron chi connectivity index (χ1n) is 26.3. The molecule has 0 fully saturated rings. The van der Waals surface area contributed by atoms with Crippen LogP contribution in [0.1, 0.15) is 102 Å². The molecule has 0 radical (unpaired) electrons. The van der Waals surface area contributed by atoms with Gasteiger partial charge in [0.25, 0.3) is 0 Å². The first kappa shape index (κ1) is 65.1. The fourth-order valence-corrected chi connectivity index (χ4v) is 8.95. The number of phenolic OH excluding ortho intramolecular Hbond substituents is 1. The number of aliphatic imine (C=N–C) groups is 3. The van der Waals surface area contributed by atoms with Gasteiger partial charge in [0.2, 0.25) is 23.6 Å². The molecule has 0 saturated carbocycles. The van der Waals surface area contributed by atoms with E-state index in [4.69, 9.17) is 40.1 Å². The zero-order valence-electron chi connectivity index (χ0n) is 45.6. The van der Waals surface area contributed by atoms with E-state index < -0.39 is 102 Å². The second-order valence-corrected chi connectivity index (χ2v) is 20.0. The maximum absolute atomic E-state index is 14.7. The smallest absolute Gasteiger partial charge is 0.224 e. The second kappa shape index (κ2) is 33.8. The van der Waals surface area contributed by atoms with Gasteiger partial charge in [0, 0.05) is 93.8 Å². The summed E-state index contributed by atoms with van der Waals surface area (Å²) in [4.78, 5) is 138. The number of benzene rings is 1. The van der Waals surface area contributed by atoms with Gasteiger partial charge in [-0.2, -0.15) is 0 Å². The average molecular weight is 1100 g/mol. The van der Waals surface area contributed by atoms with Gasteiger partial charge in [-0.1, -0.05) is 26.0 Å². The molecular weight excluding hydrogens is 1020 g/mol. The number of likely N-dealkylation sites (N-methyl/N-ethyl adjacent to an activating group) is 1. The molecule has 2 heterocycles. The fourth-order valence-electron chi connectivity index (χ4n) is 8.95. The number of nitrogens with one attached hydrogen (secondary N) is 6. The van der Waals surface area contributed by atoms with Crippen LogP contribution in [0.25, 0.3) is 0 Å². The molecule has 4 amide bonds. The highest BCUT2D eigenvalue weighted by Gasteiger charge is 2.35. The summed E-state index contributed by atoms with van der Waals surface area (Å²) in [7, 11) is 1.67. The number of phenols is 1. The van der Waals surface area contributed by atoms with Crippen molar-refractivity contribution in [2.24, 2.45) is 84.7 Å². The maximum Gasteiger partial charge on any atom is 0.224 e. The Morgan fingerprint density at radius 2 is 0.949 bits per heavy atom. The topological polar surface area (TPSA) is 481 Å². The fraction of sp³-hybridized carbons (Fsp3) is 0.558. The van der Waals surface area contributed by atoms with Gasteiger partial charge in [-0.3, -0.25) is 53.3 Å². The summed E-state index contributed by atoms with van der Waals surface area (Å²) in [5, 5.41) is 21.4. The molecule has 79 heavy (non-hydrogen) atoms. The molecule has 2 aromatic heterocycles. The monoisotopic (exact) mass is 1100 g/mol. The molecule has 1 aromatic carbocycles. The molecule has 0 spiro atoms. The van der Waals surface area contributed by atoms with Crippen LogP contribution in [0.2, 0.25) is 0 Å². The van der Waals surface area contributed by atoms with Crippen LogP contribution in [-0.2, 0) is 57.6 Å². The van der Waals surface area contributed by atoms with Gasteiger partial charge in [0.1, 0.15) is 5.75 Å². The van der Waals surface area contributed by atoms with Crippen molar-refractivity contribution >= 4 is 64.6 Å². The van der Waals surface area contributed by atoms with Crippen LogP contribution in [0, 0.1) is 29.6 Å². The lowest BCUT2D eigenvalue weighted by atomic mass is 9.88. The van der Waals surface area contributed by atoms with E-state index in [1.165, 1.54) is 37.9 Å². The van der Waals surface area contributed by atoms with E-state index in [1.54, 1.807) is 25.4 Å². The van der Waals surface area contributed by atoms with Crippen LogP contribution in [0.4, 0.5) is 0 Å². The Kier molecular flexibility index (Phi) is 27.9. The molecule has 0 unspecified atom stereocenters. The minimum atomic E-state index is -1.27. The summed E-state index contributed by atoms with van der Waals surface area (Å²) in [6.45, 7) is 5.61. The standard InChI is InChI=1S/C52H82N18O9/c1-29(2)45(60-4)44(75)24-35(20-37-26-62-28-67-37)47(77)68-30(3)41(72)22-33(18-31-11-13-38(71)14-12-31)48(78)69-40(10-7-17-65-52(58)59)43(74)23-34(19-36-25-61-27-66-36)49(79)70-39(9-6-16-64-51(56)57)42(73)21-32(46(53)76)8-5-15-63-50(54)55/h11-14,25-30,32-35,39-40,45,60,71H,5-10,15-24H2,1-4H3,(H2,53,76)(H,61,66)(H,62,67)(H,68,77)(H,69,78)(H,70,79)(H4,54,55,63)(H4,56,57,64)(H4,58,59,65)/t30-,32+,33+,34+,35+,39-,40-,45-/m0/s1. The Morgan fingerprint density at radius 3 is 1.35 bits per heavy atom. The van der Waals surface area contributed by atoms with Gasteiger partial charge in [-0.25, -0.2) is 9.97 Å². The van der Waals surface area contributed by atoms with Crippen molar-refractivity contribution in [3.63, 3.8) is 0 Å². The predicted octanol–water partition coefficient (Wildman–Crippen LogP) is -1.47. The molecule has 3 aromatic rings. The highest BCUT2D eigenvalue weighted by atomic mass is 16.3. The number of Topliss-reactive ketones (excluding diaryl/α,β-unsaturated/α-hetero) is 4. The highest BCUT2D eigenvalue weighted by molar-refractivity contribution is 5.97. The number of aromatic nitrogens is 4. The minimum absolute atomic E-state index is 0.0165. The number of H-pyrrole nitrogens is 2. The SMILES string of the molecule is CN[C@H](C(=O)C[C@@H](Cc1cnc[nH]1)C(=O)N[C@@H](C)C(=O)C[C@@H](Cc1ccc(O)cc1)C(=O)N[C@@H](CCCN=C(N)N)C(=O)C[C@@H](Cc1cnc[nH]1)C(=O)N[C@@H](CCCN=C(N)N)C(=O)C[C@@H](CCCN=C(N)N)C(N)=O)C(C)C. The molecule has 21 N–H and O–H groups in total.